The molecule has 2 N–H and O–H groups in total. The summed E-state index contributed by atoms with van der Waals surface area (Å²) < 4.78 is 28.6. The van der Waals surface area contributed by atoms with E-state index in [2.05, 4.69) is 0 Å². The van der Waals surface area contributed by atoms with E-state index in [4.69, 9.17) is 5.73 Å². The summed E-state index contributed by atoms with van der Waals surface area (Å²) >= 11 is 0. The number of anilines is 2. The molecule has 0 amide bonds. The number of fused-ring (bicyclic) bond motifs is 1. The maximum absolute atomic E-state index is 13.4. The highest BCUT2D eigenvalue weighted by molar-refractivity contribution is 5.66. The Morgan fingerprint density at radius 1 is 1.18 bits per heavy atom. The summed E-state index contributed by atoms with van der Waals surface area (Å²) in [6, 6.07) is 0. The average molecular weight is 242 g/mol. The summed E-state index contributed by atoms with van der Waals surface area (Å²) in [5.74, 6) is -1.63. The molecule has 0 aliphatic carbocycles. The van der Waals surface area contributed by atoms with Crippen LogP contribution in [0.4, 0.5) is 20.3 Å². The second-order valence-electron chi connectivity index (χ2n) is 4.30. The molecule has 92 valence electrons. The topological polar surface area (TPSA) is 56.2 Å². The highest BCUT2D eigenvalue weighted by atomic mass is 19.2. The normalized spacial score (nSPS) is 19.3. The number of nitrogen functional groups attached to an aromatic ring is 1. The molecular formula is C10H12F2N4O. The smallest absolute Gasteiger partial charge is 0.298 e. The van der Waals surface area contributed by atoms with Crippen molar-refractivity contribution < 1.29 is 8.78 Å². The van der Waals surface area contributed by atoms with Crippen molar-refractivity contribution >= 4 is 17.5 Å². The predicted octanol–water partition coefficient (Wildman–Crippen LogP) is 0.911. The lowest BCUT2D eigenvalue weighted by atomic mass is 10.4. The molecule has 1 aromatic rings. The van der Waals surface area contributed by atoms with Crippen molar-refractivity contribution in [1.82, 2.24) is 9.36 Å². The van der Waals surface area contributed by atoms with Gasteiger partial charge in [0.25, 0.3) is 5.56 Å². The second-order valence-corrected chi connectivity index (χ2v) is 4.30. The molecule has 3 rings (SSSR count). The fraction of sp³-hybridized carbons (Fsp3) is 0.500. The summed E-state index contributed by atoms with van der Waals surface area (Å²) in [6.45, 7) is 1.26. The fourth-order valence-electron chi connectivity index (χ4n) is 2.47. The Bertz CT molecular complexity index is 566. The number of hydrogen-bond acceptors (Lipinski definition) is 3. The number of nitrogens with zero attached hydrogens (tertiary/aromatic N) is 3. The van der Waals surface area contributed by atoms with Gasteiger partial charge in [0.1, 0.15) is 5.69 Å². The molecule has 3 heterocycles. The Hall–Kier alpha value is -1.79. The molecule has 0 atom stereocenters. The van der Waals surface area contributed by atoms with Gasteiger partial charge < -0.3 is 10.6 Å². The van der Waals surface area contributed by atoms with Crippen molar-refractivity contribution in [3.05, 3.63) is 16.2 Å². The van der Waals surface area contributed by atoms with Gasteiger partial charge in [0.2, 0.25) is 5.95 Å². The van der Waals surface area contributed by atoms with Gasteiger partial charge in [-0.25, -0.2) is 4.39 Å². The van der Waals surface area contributed by atoms with Crippen LogP contribution in [0, 0.1) is 0 Å². The third-order valence-corrected chi connectivity index (χ3v) is 3.25. The third kappa shape index (κ3) is 1.25. The van der Waals surface area contributed by atoms with Crippen LogP contribution in [0.15, 0.2) is 10.6 Å². The van der Waals surface area contributed by atoms with Crippen molar-refractivity contribution in [1.29, 1.82) is 0 Å². The Morgan fingerprint density at radius 2 is 1.82 bits per heavy atom. The van der Waals surface area contributed by atoms with Crippen LogP contribution in [0.25, 0.3) is 5.95 Å². The zero-order chi connectivity index (χ0) is 12.2. The van der Waals surface area contributed by atoms with Crippen LogP contribution < -0.4 is 16.2 Å². The summed E-state index contributed by atoms with van der Waals surface area (Å²) in [5.41, 5.74) is 5.01. The second kappa shape index (κ2) is 3.35. The van der Waals surface area contributed by atoms with Crippen LogP contribution >= 0.6 is 0 Å². The van der Waals surface area contributed by atoms with Gasteiger partial charge in [0.05, 0.1) is 6.54 Å². The minimum atomic E-state index is -1.15. The molecule has 17 heavy (non-hydrogen) atoms. The molecule has 0 radical (unpaired) electrons. The monoisotopic (exact) mass is 242 g/mol. The van der Waals surface area contributed by atoms with E-state index in [1.54, 1.807) is 0 Å². The standard InChI is InChI=1S/C10H12F2N4O/c11-6-5-15-9(14-3-1-2-4-14)7(13)10(17)16(15)8(6)12/h1-5,13H2. The third-order valence-electron chi connectivity index (χ3n) is 3.25. The van der Waals surface area contributed by atoms with Gasteiger partial charge in [0, 0.05) is 13.1 Å². The quantitative estimate of drug-likeness (QED) is 0.796. The minimum Gasteiger partial charge on any atom is -0.391 e. The maximum Gasteiger partial charge on any atom is 0.298 e. The molecule has 2 aliphatic heterocycles. The molecule has 5 nitrogen and oxygen atoms in total. The Morgan fingerprint density at radius 3 is 2.47 bits per heavy atom. The molecule has 0 bridgehead atoms. The van der Waals surface area contributed by atoms with Crippen LogP contribution in [-0.2, 0) is 6.54 Å². The van der Waals surface area contributed by atoms with Crippen molar-refractivity contribution in [2.24, 2.45) is 0 Å². The first kappa shape index (κ1) is 10.4. The molecular weight excluding hydrogens is 230 g/mol. The van der Waals surface area contributed by atoms with Crippen LogP contribution in [0.2, 0.25) is 0 Å². The summed E-state index contributed by atoms with van der Waals surface area (Å²) in [6.07, 6.45) is 1.99. The molecule has 0 spiro atoms. The van der Waals surface area contributed by atoms with Gasteiger partial charge in [-0.3, -0.25) is 9.48 Å². The van der Waals surface area contributed by atoms with E-state index in [1.807, 2.05) is 4.90 Å². The number of allylic oxidation sites excluding steroid dienone is 1. The summed E-state index contributed by atoms with van der Waals surface area (Å²) in [4.78, 5) is 13.6. The van der Waals surface area contributed by atoms with Crippen molar-refractivity contribution in [3.8, 4) is 0 Å². The molecule has 1 fully saturated rings. The largest absolute Gasteiger partial charge is 0.391 e. The van der Waals surface area contributed by atoms with Gasteiger partial charge in [0.15, 0.2) is 11.6 Å². The van der Waals surface area contributed by atoms with Crippen molar-refractivity contribution in [2.75, 3.05) is 23.7 Å². The number of hydrogen-bond donors (Lipinski definition) is 1. The van der Waals surface area contributed by atoms with Crippen molar-refractivity contribution in [3.63, 3.8) is 0 Å². The summed E-state index contributed by atoms with van der Waals surface area (Å²) in [5, 5.41) is 0. The zero-order valence-electron chi connectivity index (χ0n) is 9.12. The Labute approximate surface area is 95.7 Å². The first-order valence-corrected chi connectivity index (χ1v) is 5.52. The van der Waals surface area contributed by atoms with Crippen molar-refractivity contribution in [2.45, 2.75) is 19.4 Å². The van der Waals surface area contributed by atoms with Gasteiger partial charge in [-0.05, 0) is 12.8 Å². The highest BCUT2D eigenvalue weighted by Crippen LogP contribution is 2.32. The van der Waals surface area contributed by atoms with Crippen LogP contribution in [-0.4, -0.2) is 22.5 Å². The first-order valence-electron chi connectivity index (χ1n) is 5.52. The SMILES string of the molecule is Nc1c(N2CCCC2)n2n(c1=O)C(F)=C(F)C2. The average Bonchev–Trinajstić information content (AvgIpc) is 2.94. The van der Waals surface area contributed by atoms with E-state index in [0.717, 1.165) is 25.9 Å². The first-order chi connectivity index (χ1) is 8.11. The van der Waals surface area contributed by atoms with Gasteiger partial charge in [-0.15, -0.1) is 0 Å². The molecule has 1 aromatic heterocycles. The van der Waals surface area contributed by atoms with E-state index < -0.39 is 17.3 Å². The number of halogens is 2. The van der Waals surface area contributed by atoms with Crippen LogP contribution in [0.3, 0.4) is 0 Å². The van der Waals surface area contributed by atoms with Gasteiger partial charge in [-0.1, -0.05) is 0 Å². The fourth-order valence-corrected chi connectivity index (χ4v) is 2.47. The number of aromatic nitrogens is 2. The Balaban J connectivity index is 2.18. The van der Waals surface area contributed by atoms with E-state index in [9.17, 15) is 13.6 Å². The van der Waals surface area contributed by atoms with Gasteiger partial charge >= 0.3 is 0 Å². The highest BCUT2D eigenvalue weighted by Gasteiger charge is 2.32. The van der Waals surface area contributed by atoms with E-state index in [-0.39, 0.29) is 12.2 Å². The molecule has 2 aliphatic rings. The summed E-state index contributed by atoms with van der Waals surface area (Å²) in [7, 11) is 0. The lowest BCUT2D eigenvalue weighted by molar-refractivity contribution is 0.549. The van der Waals surface area contributed by atoms with E-state index in [0.29, 0.717) is 10.5 Å². The van der Waals surface area contributed by atoms with Crippen LogP contribution in [0.5, 0.6) is 0 Å². The molecule has 0 saturated carbocycles. The predicted molar refractivity (Wildman–Crippen MR) is 60.0 cm³/mol. The number of rotatable bonds is 1. The Kier molecular flexibility index (Phi) is 2.04. The van der Waals surface area contributed by atoms with E-state index in [1.165, 1.54) is 4.68 Å². The molecule has 7 heteroatoms. The lowest BCUT2D eigenvalue weighted by Crippen LogP contribution is -2.23. The van der Waals surface area contributed by atoms with Crippen LogP contribution in [0.1, 0.15) is 12.8 Å². The lowest BCUT2D eigenvalue weighted by Gasteiger charge is -2.19. The molecule has 1 saturated heterocycles. The molecule has 0 unspecified atom stereocenters. The van der Waals surface area contributed by atoms with E-state index >= 15 is 0 Å². The molecule has 0 aromatic carbocycles. The maximum atomic E-state index is 13.4. The minimum absolute atomic E-state index is 0.00505. The van der Waals surface area contributed by atoms with Gasteiger partial charge in [-0.2, -0.15) is 9.07 Å². The zero-order valence-corrected chi connectivity index (χ0v) is 9.12. The number of nitrogens with two attached hydrogens (primary N) is 1.